The van der Waals surface area contributed by atoms with Crippen molar-refractivity contribution in [3.63, 3.8) is 0 Å². The van der Waals surface area contributed by atoms with Crippen LogP contribution in [-0.4, -0.2) is 0 Å². The van der Waals surface area contributed by atoms with Gasteiger partial charge in [-0.15, -0.1) is 0 Å². The van der Waals surface area contributed by atoms with Crippen LogP contribution in [-0.2, 0) is 0 Å². The van der Waals surface area contributed by atoms with Gasteiger partial charge in [0.05, 0.1) is 56.4 Å². The average Bonchev–Trinajstić information content (AvgIpc) is 3.11. The molecule has 0 fully saturated rings. The molecular formula is C38H18N6O2. The molecule has 0 saturated carbocycles. The summed E-state index contributed by atoms with van der Waals surface area (Å²) in [4.78, 5) is 3.79. The fourth-order valence-corrected chi connectivity index (χ4v) is 6.26. The standard InChI is InChI=1S/C38H18N6O2/c39-19-23-18-26-25(37(27(23)21-41)43-29-9-1-5-13-33(29)45-34-14-6-2-10-30(34)43)17-24(20-40)28(22-42)38(26)44-31-11-3-7-15-35(31)46-36-16-8-4-12-32(36)44/h1-18H. The van der Waals surface area contributed by atoms with Gasteiger partial charge in [-0.05, 0) is 60.7 Å². The molecule has 2 heterocycles. The van der Waals surface area contributed by atoms with E-state index in [0.717, 1.165) is 0 Å². The molecule has 0 bridgehead atoms. The van der Waals surface area contributed by atoms with E-state index in [0.29, 0.717) is 67.9 Å². The Bertz CT molecular complexity index is 2200. The number of nitriles is 4. The predicted molar refractivity (Wildman–Crippen MR) is 172 cm³/mol. The van der Waals surface area contributed by atoms with Crippen LogP contribution in [0.2, 0.25) is 0 Å². The predicted octanol–water partition coefficient (Wildman–Crippen LogP) is 9.48. The van der Waals surface area contributed by atoms with Crippen molar-refractivity contribution in [1.82, 2.24) is 0 Å². The quantitative estimate of drug-likeness (QED) is 0.195. The van der Waals surface area contributed by atoms with Gasteiger partial charge in [0.1, 0.15) is 24.3 Å². The normalized spacial score (nSPS) is 12.1. The molecule has 8 nitrogen and oxygen atoms in total. The molecule has 46 heavy (non-hydrogen) atoms. The molecule has 0 N–H and O–H groups in total. The third-order valence-corrected chi connectivity index (χ3v) is 8.17. The van der Waals surface area contributed by atoms with Crippen LogP contribution in [0.15, 0.2) is 109 Å². The average molecular weight is 591 g/mol. The molecule has 0 atom stereocenters. The first-order chi connectivity index (χ1) is 22.7. The Kier molecular flexibility index (Phi) is 5.84. The van der Waals surface area contributed by atoms with Crippen LogP contribution >= 0.6 is 0 Å². The number of rotatable bonds is 2. The van der Waals surface area contributed by atoms with Crippen LogP contribution in [0, 0.1) is 45.3 Å². The van der Waals surface area contributed by atoms with Crippen molar-refractivity contribution in [1.29, 1.82) is 21.0 Å². The zero-order valence-electron chi connectivity index (χ0n) is 23.9. The van der Waals surface area contributed by atoms with Gasteiger partial charge >= 0.3 is 0 Å². The Hall–Kier alpha value is -7.26. The summed E-state index contributed by atoms with van der Waals surface area (Å²) in [6.45, 7) is 0. The van der Waals surface area contributed by atoms with E-state index in [1.807, 2.05) is 107 Å². The zero-order chi connectivity index (χ0) is 31.4. The third-order valence-electron chi connectivity index (χ3n) is 8.17. The molecule has 0 aromatic heterocycles. The van der Waals surface area contributed by atoms with E-state index in [1.54, 1.807) is 12.1 Å². The van der Waals surface area contributed by atoms with Crippen molar-refractivity contribution in [2.75, 3.05) is 9.80 Å². The van der Waals surface area contributed by atoms with E-state index in [2.05, 4.69) is 24.3 Å². The van der Waals surface area contributed by atoms with E-state index in [1.165, 1.54) is 0 Å². The lowest BCUT2D eigenvalue weighted by molar-refractivity contribution is 0.476. The fourth-order valence-electron chi connectivity index (χ4n) is 6.26. The smallest absolute Gasteiger partial charge is 0.151 e. The summed E-state index contributed by atoms with van der Waals surface area (Å²) in [5.74, 6) is 2.24. The highest BCUT2D eigenvalue weighted by atomic mass is 16.5. The maximum atomic E-state index is 10.6. The van der Waals surface area contributed by atoms with Crippen molar-refractivity contribution >= 4 is 44.9 Å². The third kappa shape index (κ3) is 3.69. The van der Waals surface area contributed by atoms with E-state index in [9.17, 15) is 21.0 Å². The molecule has 0 amide bonds. The summed E-state index contributed by atoms with van der Waals surface area (Å²) in [7, 11) is 0. The largest absolute Gasteiger partial charge is 0.453 e. The molecular weight excluding hydrogens is 572 g/mol. The second kappa shape index (κ2) is 10.2. The van der Waals surface area contributed by atoms with Crippen LogP contribution in [0.4, 0.5) is 34.1 Å². The summed E-state index contributed by atoms with van der Waals surface area (Å²) in [6.07, 6.45) is 0. The molecule has 0 spiro atoms. The highest BCUT2D eigenvalue weighted by Gasteiger charge is 2.34. The minimum Gasteiger partial charge on any atom is -0.453 e. The van der Waals surface area contributed by atoms with Gasteiger partial charge in [0, 0.05) is 10.8 Å². The van der Waals surface area contributed by atoms with E-state index in [4.69, 9.17) is 9.47 Å². The summed E-state index contributed by atoms with van der Waals surface area (Å²) in [6, 6.07) is 42.0. The van der Waals surface area contributed by atoms with Gasteiger partial charge < -0.3 is 19.3 Å². The van der Waals surface area contributed by atoms with E-state index in [-0.39, 0.29) is 22.3 Å². The van der Waals surface area contributed by atoms with Crippen molar-refractivity contribution in [3.8, 4) is 47.3 Å². The molecule has 8 rings (SSSR count). The first-order valence-corrected chi connectivity index (χ1v) is 14.3. The maximum absolute atomic E-state index is 10.6. The minimum absolute atomic E-state index is 0.121. The fraction of sp³-hybridized carbons (Fsp3) is 0. The number of anilines is 6. The lowest BCUT2D eigenvalue weighted by Crippen LogP contribution is -2.20. The summed E-state index contributed by atoms with van der Waals surface area (Å²) >= 11 is 0. The Labute approximate surface area is 263 Å². The lowest BCUT2D eigenvalue weighted by Gasteiger charge is -2.36. The van der Waals surface area contributed by atoms with E-state index >= 15 is 0 Å². The van der Waals surface area contributed by atoms with E-state index < -0.39 is 0 Å². The van der Waals surface area contributed by atoms with Crippen molar-refractivity contribution < 1.29 is 9.47 Å². The van der Waals surface area contributed by atoms with Gasteiger partial charge in [-0.3, -0.25) is 0 Å². The number of benzene rings is 6. The second-order valence-electron chi connectivity index (χ2n) is 10.6. The highest BCUT2D eigenvalue weighted by Crippen LogP contribution is 2.56. The zero-order valence-corrected chi connectivity index (χ0v) is 23.9. The Balaban J connectivity index is 1.57. The number of ether oxygens (including phenoxy) is 2. The Morgan fingerprint density at radius 1 is 0.413 bits per heavy atom. The minimum atomic E-state index is 0.121. The number of nitrogens with zero attached hydrogens (tertiary/aromatic N) is 6. The van der Waals surface area contributed by atoms with Gasteiger partial charge in [-0.25, -0.2) is 0 Å². The monoisotopic (exact) mass is 590 g/mol. The van der Waals surface area contributed by atoms with Gasteiger partial charge in [0.2, 0.25) is 0 Å². The van der Waals surface area contributed by atoms with Crippen LogP contribution in [0.25, 0.3) is 10.8 Å². The van der Waals surface area contributed by atoms with Crippen molar-refractivity contribution in [2.45, 2.75) is 0 Å². The molecule has 0 aliphatic carbocycles. The second-order valence-corrected chi connectivity index (χ2v) is 10.6. The van der Waals surface area contributed by atoms with Gasteiger partial charge in [-0.2, -0.15) is 21.0 Å². The molecule has 6 aromatic carbocycles. The Morgan fingerprint density at radius 2 is 0.717 bits per heavy atom. The first-order valence-electron chi connectivity index (χ1n) is 14.3. The molecule has 212 valence electrons. The topological polar surface area (TPSA) is 120 Å². The Morgan fingerprint density at radius 3 is 1.00 bits per heavy atom. The van der Waals surface area contributed by atoms with Crippen molar-refractivity contribution in [3.05, 3.63) is 131 Å². The molecule has 0 radical (unpaired) electrons. The van der Waals surface area contributed by atoms with Gasteiger partial charge in [-0.1, -0.05) is 48.5 Å². The summed E-state index contributed by atoms with van der Waals surface area (Å²) in [5.41, 5.74) is 3.91. The number of fused-ring (bicyclic) bond motifs is 5. The van der Waals surface area contributed by atoms with Crippen LogP contribution in [0.1, 0.15) is 22.3 Å². The molecule has 2 aliphatic heterocycles. The van der Waals surface area contributed by atoms with Gasteiger partial charge in [0.15, 0.2) is 23.0 Å². The van der Waals surface area contributed by atoms with Crippen molar-refractivity contribution in [2.24, 2.45) is 0 Å². The molecule has 0 unspecified atom stereocenters. The van der Waals surface area contributed by atoms with Crippen LogP contribution in [0.5, 0.6) is 23.0 Å². The SMILES string of the molecule is N#Cc1cc2c(N3c4ccccc4Oc4ccccc43)c(C#N)c(C#N)cc2c(N2c3ccccc3Oc3ccccc32)c1C#N. The van der Waals surface area contributed by atoms with Crippen LogP contribution < -0.4 is 19.3 Å². The van der Waals surface area contributed by atoms with Gasteiger partial charge in [0.25, 0.3) is 0 Å². The molecule has 6 aromatic rings. The lowest BCUT2D eigenvalue weighted by atomic mass is 9.91. The summed E-state index contributed by atoms with van der Waals surface area (Å²) < 4.78 is 12.5. The first kappa shape index (κ1) is 26.4. The summed E-state index contributed by atoms with van der Waals surface area (Å²) in [5, 5.41) is 43.2. The molecule has 0 saturated heterocycles. The highest BCUT2D eigenvalue weighted by molar-refractivity contribution is 6.13. The van der Waals surface area contributed by atoms with Crippen LogP contribution in [0.3, 0.4) is 0 Å². The number of para-hydroxylation sites is 8. The number of hydrogen-bond acceptors (Lipinski definition) is 8. The molecule has 2 aliphatic rings. The molecule has 8 heteroatoms. The number of hydrogen-bond donors (Lipinski definition) is 0. The maximum Gasteiger partial charge on any atom is 0.151 e.